The fourth-order valence-corrected chi connectivity index (χ4v) is 1.94. The monoisotopic (exact) mass is 282 g/mol. The van der Waals surface area contributed by atoms with Crippen molar-refractivity contribution in [3.8, 4) is 22.9 Å². The highest BCUT2D eigenvalue weighted by Crippen LogP contribution is 2.30. The number of esters is 1. The lowest BCUT2D eigenvalue weighted by Gasteiger charge is -2.10. The number of benzene rings is 1. The van der Waals surface area contributed by atoms with Gasteiger partial charge in [-0.25, -0.2) is 9.78 Å². The number of hydrogen-bond donors (Lipinski definition) is 0. The molecule has 0 aliphatic carbocycles. The first-order valence-electron chi connectivity index (χ1n) is 6.42. The number of carbonyl (C=O) groups is 1. The molecule has 0 unspecified atom stereocenters. The number of para-hydroxylation sites is 1. The van der Waals surface area contributed by atoms with Gasteiger partial charge in [-0.2, -0.15) is 5.26 Å². The SMILES string of the molecule is CCOC(=O)c1cc(-c2ccccc2OC)cc(C#N)n1. The Bertz CT molecular complexity index is 705. The zero-order chi connectivity index (χ0) is 15.2. The Labute approximate surface area is 122 Å². The normalized spacial score (nSPS) is 9.76. The molecule has 0 spiro atoms. The van der Waals surface area contributed by atoms with Crippen molar-refractivity contribution in [2.75, 3.05) is 13.7 Å². The van der Waals surface area contributed by atoms with Crippen LogP contribution in [0.2, 0.25) is 0 Å². The molecule has 0 N–H and O–H groups in total. The van der Waals surface area contributed by atoms with Crippen LogP contribution in [0, 0.1) is 11.3 Å². The predicted molar refractivity (Wildman–Crippen MR) is 76.9 cm³/mol. The Morgan fingerprint density at radius 3 is 2.76 bits per heavy atom. The van der Waals surface area contributed by atoms with Gasteiger partial charge in [0, 0.05) is 5.56 Å². The summed E-state index contributed by atoms with van der Waals surface area (Å²) in [4.78, 5) is 15.8. The van der Waals surface area contributed by atoms with Crippen LogP contribution in [0.4, 0.5) is 0 Å². The number of nitriles is 1. The smallest absolute Gasteiger partial charge is 0.356 e. The van der Waals surface area contributed by atoms with Crippen LogP contribution in [0.5, 0.6) is 5.75 Å². The summed E-state index contributed by atoms with van der Waals surface area (Å²) in [5.74, 6) is 0.105. The van der Waals surface area contributed by atoms with Gasteiger partial charge in [0.25, 0.3) is 0 Å². The van der Waals surface area contributed by atoms with E-state index in [1.165, 1.54) is 0 Å². The number of methoxy groups -OCH3 is 1. The summed E-state index contributed by atoms with van der Waals surface area (Å²) in [5.41, 5.74) is 1.73. The summed E-state index contributed by atoms with van der Waals surface area (Å²) >= 11 is 0. The van der Waals surface area contributed by atoms with Crippen molar-refractivity contribution in [3.05, 3.63) is 47.8 Å². The summed E-state index contributed by atoms with van der Waals surface area (Å²) in [7, 11) is 1.57. The molecule has 5 nitrogen and oxygen atoms in total. The summed E-state index contributed by atoms with van der Waals surface area (Å²) in [6, 6.07) is 12.5. The molecule has 0 atom stereocenters. The van der Waals surface area contributed by atoms with E-state index in [1.54, 1.807) is 26.2 Å². The minimum atomic E-state index is -0.550. The summed E-state index contributed by atoms with van der Waals surface area (Å²) in [6.07, 6.45) is 0. The summed E-state index contributed by atoms with van der Waals surface area (Å²) in [6.45, 7) is 1.97. The van der Waals surface area contributed by atoms with Crippen LogP contribution in [-0.2, 0) is 4.74 Å². The molecule has 0 saturated carbocycles. The Morgan fingerprint density at radius 1 is 1.33 bits per heavy atom. The third-order valence-electron chi connectivity index (χ3n) is 2.84. The molecule has 0 radical (unpaired) electrons. The average molecular weight is 282 g/mol. The molecular weight excluding hydrogens is 268 g/mol. The van der Waals surface area contributed by atoms with Crippen molar-refractivity contribution >= 4 is 5.97 Å². The molecule has 0 amide bonds. The molecule has 1 heterocycles. The van der Waals surface area contributed by atoms with Gasteiger partial charge in [0.05, 0.1) is 13.7 Å². The molecule has 1 aromatic heterocycles. The molecule has 5 heteroatoms. The predicted octanol–water partition coefficient (Wildman–Crippen LogP) is 2.81. The standard InChI is InChI=1S/C16H14N2O3/c1-3-21-16(19)14-9-11(8-12(10-17)18-14)13-6-4-5-7-15(13)20-2/h4-9H,3H2,1-2H3. The highest BCUT2D eigenvalue weighted by molar-refractivity contribution is 5.89. The molecule has 2 aromatic rings. The molecule has 0 bridgehead atoms. The Hall–Kier alpha value is -2.87. The Balaban J connectivity index is 2.56. The van der Waals surface area contributed by atoms with Gasteiger partial charge in [-0.05, 0) is 30.7 Å². The summed E-state index contributed by atoms with van der Waals surface area (Å²) < 4.78 is 10.2. The maximum Gasteiger partial charge on any atom is 0.356 e. The van der Waals surface area contributed by atoms with Crippen molar-refractivity contribution in [2.24, 2.45) is 0 Å². The van der Waals surface area contributed by atoms with E-state index in [4.69, 9.17) is 14.7 Å². The zero-order valence-corrected chi connectivity index (χ0v) is 11.8. The van der Waals surface area contributed by atoms with E-state index in [2.05, 4.69) is 4.98 Å². The maximum atomic E-state index is 11.8. The number of hydrogen-bond acceptors (Lipinski definition) is 5. The lowest BCUT2D eigenvalue weighted by Crippen LogP contribution is -2.08. The van der Waals surface area contributed by atoms with Crippen LogP contribution in [0.15, 0.2) is 36.4 Å². The molecule has 0 saturated heterocycles. The largest absolute Gasteiger partial charge is 0.496 e. The van der Waals surface area contributed by atoms with Crippen molar-refractivity contribution in [1.29, 1.82) is 5.26 Å². The van der Waals surface area contributed by atoms with E-state index in [0.717, 1.165) is 5.56 Å². The highest BCUT2D eigenvalue weighted by atomic mass is 16.5. The van der Waals surface area contributed by atoms with E-state index in [-0.39, 0.29) is 18.0 Å². The van der Waals surface area contributed by atoms with Crippen molar-refractivity contribution in [3.63, 3.8) is 0 Å². The number of carbonyl (C=O) groups excluding carboxylic acids is 1. The fraction of sp³-hybridized carbons (Fsp3) is 0.188. The van der Waals surface area contributed by atoms with E-state index >= 15 is 0 Å². The van der Waals surface area contributed by atoms with Gasteiger partial charge in [-0.15, -0.1) is 0 Å². The average Bonchev–Trinajstić information content (AvgIpc) is 2.54. The van der Waals surface area contributed by atoms with E-state index in [9.17, 15) is 4.79 Å². The maximum absolute atomic E-state index is 11.8. The highest BCUT2D eigenvalue weighted by Gasteiger charge is 2.14. The number of rotatable bonds is 4. The third kappa shape index (κ3) is 3.18. The van der Waals surface area contributed by atoms with Crippen LogP contribution in [0.1, 0.15) is 23.1 Å². The van der Waals surface area contributed by atoms with Crippen LogP contribution in [-0.4, -0.2) is 24.7 Å². The minimum Gasteiger partial charge on any atom is -0.496 e. The van der Waals surface area contributed by atoms with Crippen molar-refractivity contribution in [1.82, 2.24) is 4.98 Å². The summed E-state index contributed by atoms with van der Waals surface area (Å²) in [5, 5.41) is 9.08. The number of ether oxygens (including phenoxy) is 2. The lowest BCUT2D eigenvalue weighted by molar-refractivity contribution is 0.0519. The van der Waals surface area contributed by atoms with E-state index in [1.807, 2.05) is 30.3 Å². The third-order valence-corrected chi connectivity index (χ3v) is 2.84. The molecule has 0 aliphatic heterocycles. The minimum absolute atomic E-state index is 0.108. The van der Waals surface area contributed by atoms with Gasteiger partial charge in [-0.1, -0.05) is 18.2 Å². The molecule has 1 aromatic carbocycles. The number of nitrogens with zero attached hydrogens (tertiary/aromatic N) is 2. The molecule has 106 valence electrons. The second-order valence-electron chi connectivity index (χ2n) is 4.16. The topological polar surface area (TPSA) is 72.2 Å². The van der Waals surface area contributed by atoms with E-state index in [0.29, 0.717) is 11.3 Å². The van der Waals surface area contributed by atoms with Gasteiger partial charge in [-0.3, -0.25) is 0 Å². The lowest BCUT2D eigenvalue weighted by atomic mass is 10.0. The second kappa shape index (κ2) is 6.53. The Morgan fingerprint density at radius 2 is 2.10 bits per heavy atom. The van der Waals surface area contributed by atoms with Gasteiger partial charge < -0.3 is 9.47 Å². The quantitative estimate of drug-likeness (QED) is 0.806. The van der Waals surface area contributed by atoms with Gasteiger partial charge in [0.15, 0.2) is 5.69 Å². The van der Waals surface area contributed by atoms with Crippen LogP contribution < -0.4 is 4.74 Å². The van der Waals surface area contributed by atoms with Crippen molar-refractivity contribution < 1.29 is 14.3 Å². The second-order valence-corrected chi connectivity index (χ2v) is 4.16. The number of pyridine rings is 1. The van der Waals surface area contributed by atoms with Crippen molar-refractivity contribution in [2.45, 2.75) is 6.92 Å². The van der Waals surface area contributed by atoms with E-state index < -0.39 is 5.97 Å². The van der Waals surface area contributed by atoms with Crippen LogP contribution in [0.25, 0.3) is 11.1 Å². The molecule has 2 rings (SSSR count). The van der Waals surface area contributed by atoms with Crippen LogP contribution in [0.3, 0.4) is 0 Å². The first-order valence-corrected chi connectivity index (χ1v) is 6.42. The molecule has 21 heavy (non-hydrogen) atoms. The van der Waals surface area contributed by atoms with Gasteiger partial charge in [0.2, 0.25) is 0 Å². The number of aromatic nitrogens is 1. The fourth-order valence-electron chi connectivity index (χ4n) is 1.94. The Kier molecular flexibility index (Phi) is 4.52. The zero-order valence-electron chi connectivity index (χ0n) is 11.8. The molecular formula is C16H14N2O3. The first kappa shape index (κ1) is 14.5. The van der Waals surface area contributed by atoms with Gasteiger partial charge in [0.1, 0.15) is 17.5 Å². The van der Waals surface area contributed by atoms with Crippen LogP contribution >= 0.6 is 0 Å². The molecule has 0 fully saturated rings. The van der Waals surface area contributed by atoms with Gasteiger partial charge >= 0.3 is 5.97 Å². The first-order chi connectivity index (χ1) is 10.2. The molecule has 0 aliphatic rings.